The van der Waals surface area contributed by atoms with Gasteiger partial charge < -0.3 is 5.32 Å². The summed E-state index contributed by atoms with van der Waals surface area (Å²) in [5.74, 6) is 0.940. The molecule has 1 amide bonds. The van der Waals surface area contributed by atoms with E-state index >= 15 is 0 Å². The number of amides is 1. The molecule has 122 valence electrons. The van der Waals surface area contributed by atoms with E-state index in [2.05, 4.69) is 15.5 Å². The summed E-state index contributed by atoms with van der Waals surface area (Å²) in [6, 6.07) is 12.7. The third-order valence-electron chi connectivity index (χ3n) is 3.00. The van der Waals surface area contributed by atoms with Gasteiger partial charge in [0.15, 0.2) is 5.82 Å². The predicted octanol–water partition coefficient (Wildman–Crippen LogP) is 5.39. The summed E-state index contributed by atoms with van der Waals surface area (Å²) in [5.41, 5.74) is 1.05. The van der Waals surface area contributed by atoms with Gasteiger partial charge in [-0.1, -0.05) is 47.1 Å². The molecule has 0 spiro atoms. The Kier molecular flexibility index (Phi) is 5.73. The molecule has 4 nitrogen and oxygen atoms in total. The highest BCUT2D eigenvalue weighted by molar-refractivity contribution is 7.98. The second-order valence-corrected chi connectivity index (χ2v) is 7.48. The highest BCUT2D eigenvalue weighted by Gasteiger charge is 2.08. The first kappa shape index (κ1) is 17.2. The van der Waals surface area contributed by atoms with Gasteiger partial charge in [-0.3, -0.25) is 4.79 Å². The first-order valence-electron chi connectivity index (χ1n) is 6.87. The lowest BCUT2D eigenvalue weighted by Gasteiger charge is -2.04. The largest absolute Gasteiger partial charge is 0.304 e. The van der Waals surface area contributed by atoms with Crippen molar-refractivity contribution in [2.45, 2.75) is 10.8 Å². The van der Waals surface area contributed by atoms with E-state index in [1.54, 1.807) is 18.2 Å². The van der Waals surface area contributed by atoms with Crippen molar-refractivity contribution >= 4 is 58.0 Å². The van der Waals surface area contributed by atoms with E-state index in [1.807, 2.05) is 29.6 Å². The van der Waals surface area contributed by atoms with Crippen molar-refractivity contribution < 1.29 is 4.79 Å². The quantitative estimate of drug-likeness (QED) is 0.588. The minimum Gasteiger partial charge on any atom is -0.304 e. The molecule has 3 aromatic rings. The van der Waals surface area contributed by atoms with Crippen LogP contribution in [0.1, 0.15) is 15.2 Å². The van der Waals surface area contributed by atoms with Gasteiger partial charge in [-0.15, -0.1) is 21.5 Å². The lowest BCUT2D eigenvalue weighted by atomic mass is 10.2. The molecule has 24 heavy (non-hydrogen) atoms. The van der Waals surface area contributed by atoms with Crippen molar-refractivity contribution in [1.29, 1.82) is 0 Å². The number of benzene rings is 1. The van der Waals surface area contributed by atoms with E-state index in [0.29, 0.717) is 26.5 Å². The van der Waals surface area contributed by atoms with Gasteiger partial charge in [-0.25, -0.2) is 0 Å². The number of nitrogens with one attached hydrogen (secondary N) is 1. The number of aromatic nitrogens is 2. The second kappa shape index (κ2) is 7.98. The van der Waals surface area contributed by atoms with Crippen LogP contribution in [0.5, 0.6) is 0 Å². The monoisotopic (exact) mass is 395 g/mol. The summed E-state index contributed by atoms with van der Waals surface area (Å²) < 4.78 is 0. The van der Waals surface area contributed by atoms with Gasteiger partial charge in [0.05, 0.1) is 14.9 Å². The summed E-state index contributed by atoms with van der Waals surface area (Å²) in [5, 5.41) is 14.5. The van der Waals surface area contributed by atoms with Crippen molar-refractivity contribution in [1.82, 2.24) is 10.2 Å². The van der Waals surface area contributed by atoms with Gasteiger partial charge in [0.25, 0.3) is 5.91 Å². The number of rotatable bonds is 5. The predicted molar refractivity (Wildman–Crippen MR) is 100 cm³/mol. The van der Waals surface area contributed by atoms with Gasteiger partial charge in [0, 0.05) is 5.75 Å². The van der Waals surface area contributed by atoms with Gasteiger partial charge >= 0.3 is 0 Å². The van der Waals surface area contributed by atoms with E-state index in [4.69, 9.17) is 23.2 Å². The highest BCUT2D eigenvalue weighted by Crippen LogP contribution is 2.27. The molecule has 2 aromatic heterocycles. The Labute approximate surface area is 157 Å². The molecule has 0 aliphatic carbocycles. The lowest BCUT2D eigenvalue weighted by Crippen LogP contribution is -2.11. The van der Waals surface area contributed by atoms with E-state index in [1.165, 1.54) is 23.1 Å². The Morgan fingerprint density at radius 2 is 2.00 bits per heavy atom. The standard InChI is InChI=1S/C16H11Cl2N3OS2/c17-11-4-3-10(8-12(11)18)9-24-15-6-5-14(20-21-15)19-16(22)13-2-1-7-23-13/h1-8H,9H2,(H,19,20,22). The smallest absolute Gasteiger partial charge is 0.266 e. The number of hydrogen-bond donors (Lipinski definition) is 1. The van der Waals surface area contributed by atoms with Crippen LogP contribution in [-0.4, -0.2) is 16.1 Å². The van der Waals surface area contributed by atoms with Crippen molar-refractivity contribution in [3.63, 3.8) is 0 Å². The van der Waals surface area contributed by atoms with E-state index in [-0.39, 0.29) is 5.91 Å². The summed E-state index contributed by atoms with van der Waals surface area (Å²) in [7, 11) is 0. The van der Waals surface area contributed by atoms with Crippen LogP contribution >= 0.6 is 46.3 Å². The molecule has 0 saturated carbocycles. The van der Waals surface area contributed by atoms with Crippen molar-refractivity contribution in [2.24, 2.45) is 0 Å². The molecular formula is C16H11Cl2N3OS2. The Morgan fingerprint density at radius 3 is 2.67 bits per heavy atom. The van der Waals surface area contributed by atoms with Crippen LogP contribution in [0.4, 0.5) is 5.82 Å². The van der Waals surface area contributed by atoms with Crippen LogP contribution < -0.4 is 5.32 Å². The second-order valence-electron chi connectivity index (χ2n) is 4.73. The van der Waals surface area contributed by atoms with Crippen LogP contribution in [-0.2, 0) is 5.75 Å². The maximum absolute atomic E-state index is 11.9. The lowest BCUT2D eigenvalue weighted by molar-refractivity contribution is 0.103. The first-order valence-corrected chi connectivity index (χ1v) is 9.49. The van der Waals surface area contributed by atoms with E-state index < -0.39 is 0 Å². The topological polar surface area (TPSA) is 54.9 Å². The molecule has 0 atom stereocenters. The summed E-state index contributed by atoms with van der Waals surface area (Å²) in [6.07, 6.45) is 0. The molecule has 0 bridgehead atoms. The molecule has 0 unspecified atom stereocenters. The Balaban J connectivity index is 1.58. The van der Waals surface area contributed by atoms with Crippen LogP contribution in [0.3, 0.4) is 0 Å². The average molecular weight is 396 g/mol. The number of hydrogen-bond acceptors (Lipinski definition) is 5. The molecule has 3 rings (SSSR count). The van der Waals surface area contributed by atoms with Gasteiger partial charge in [-0.05, 0) is 41.3 Å². The Bertz CT molecular complexity index is 839. The highest BCUT2D eigenvalue weighted by atomic mass is 35.5. The maximum atomic E-state index is 11.9. The summed E-state index contributed by atoms with van der Waals surface area (Å²) >= 11 is 14.8. The molecule has 0 saturated heterocycles. The summed E-state index contributed by atoms with van der Waals surface area (Å²) in [4.78, 5) is 12.6. The number of anilines is 1. The van der Waals surface area contributed by atoms with Crippen LogP contribution in [0.25, 0.3) is 0 Å². The van der Waals surface area contributed by atoms with E-state index in [9.17, 15) is 4.79 Å². The number of halogens is 2. The fourth-order valence-electron chi connectivity index (χ4n) is 1.84. The van der Waals surface area contributed by atoms with Gasteiger partial charge in [0.2, 0.25) is 0 Å². The average Bonchev–Trinajstić information content (AvgIpc) is 3.12. The number of carbonyl (C=O) groups is 1. The first-order chi connectivity index (χ1) is 11.6. The third kappa shape index (κ3) is 4.48. The van der Waals surface area contributed by atoms with Crippen LogP contribution in [0.15, 0.2) is 52.9 Å². The fraction of sp³-hybridized carbons (Fsp3) is 0.0625. The van der Waals surface area contributed by atoms with Crippen LogP contribution in [0.2, 0.25) is 10.0 Å². The normalized spacial score (nSPS) is 10.6. The SMILES string of the molecule is O=C(Nc1ccc(SCc2ccc(Cl)c(Cl)c2)nn1)c1cccs1. The zero-order valence-electron chi connectivity index (χ0n) is 12.2. The molecule has 0 aliphatic heterocycles. The number of thiophene rings is 1. The molecular weight excluding hydrogens is 385 g/mol. The minimum absolute atomic E-state index is 0.185. The molecule has 1 aromatic carbocycles. The zero-order valence-corrected chi connectivity index (χ0v) is 15.3. The number of carbonyl (C=O) groups excluding carboxylic acids is 1. The van der Waals surface area contributed by atoms with Gasteiger partial charge in [-0.2, -0.15) is 0 Å². The van der Waals surface area contributed by atoms with Crippen molar-refractivity contribution in [3.8, 4) is 0 Å². The van der Waals surface area contributed by atoms with Gasteiger partial charge in [0.1, 0.15) is 5.03 Å². The molecule has 0 radical (unpaired) electrons. The summed E-state index contributed by atoms with van der Waals surface area (Å²) in [6.45, 7) is 0. The third-order valence-corrected chi connectivity index (χ3v) is 5.60. The van der Waals surface area contributed by atoms with Crippen molar-refractivity contribution in [2.75, 3.05) is 5.32 Å². The molecule has 2 heterocycles. The fourth-order valence-corrected chi connectivity index (χ4v) is 3.53. The molecule has 0 aliphatic rings. The molecule has 1 N–H and O–H groups in total. The van der Waals surface area contributed by atoms with Crippen LogP contribution in [0, 0.1) is 0 Å². The minimum atomic E-state index is -0.185. The zero-order chi connectivity index (χ0) is 16.9. The maximum Gasteiger partial charge on any atom is 0.266 e. The molecule has 8 heteroatoms. The Hall–Kier alpha value is -1.60. The van der Waals surface area contributed by atoms with E-state index in [0.717, 1.165) is 10.6 Å². The molecule has 0 fully saturated rings. The van der Waals surface area contributed by atoms with Crippen molar-refractivity contribution in [3.05, 3.63) is 68.3 Å². The number of nitrogens with zero attached hydrogens (tertiary/aromatic N) is 2. The Morgan fingerprint density at radius 1 is 1.12 bits per heavy atom. The number of thioether (sulfide) groups is 1.